The summed E-state index contributed by atoms with van der Waals surface area (Å²) in [7, 11) is 0. The van der Waals surface area contributed by atoms with E-state index in [1.807, 2.05) is 18.2 Å². The van der Waals surface area contributed by atoms with Gasteiger partial charge in [-0.1, -0.05) is 76.5 Å². The first kappa shape index (κ1) is 30.1. The highest BCUT2D eigenvalue weighted by molar-refractivity contribution is 5.98. The van der Waals surface area contributed by atoms with E-state index in [1.165, 1.54) is 38.2 Å². The first-order valence-electron chi connectivity index (χ1n) is 15.7. The van der Waals surface area contributed by atoms with Crippen LogP contribution in [-0.2, 0) is 10.2 Å². The standard InChI is InChI=1S/C36H46FN3O2/c1-24-11-8-17-31(37)32(24)35(42)40-22-10-16-30(34(41)39-29-15-9-12-26(23-29)36(2,3)4)33(40)25-18-20-28(21-19-25)38-27-13-6-5-7-14-27/h8-9,11-12,15,17-18,20-21,23,25,27,30,33,38H,5-7,10,13-14,16,19,22H2,1-4H3,(H,39,41)/t25?,30-,33-/m0/s1. The van der Waals surface area contributed by atoms with Gasteiger partial charge in [0.15, 0.2) is 0 Å². The minimum Gasteiger partial charge on any atom is -0.383 e. The molecule has 3 atom stereocenters. The molecule has 6 heteroatoms. The molecular weight excluding hydrogens is 525 g/mol. The second-order valence-electron chi connectivity index (χ2n) is 13.4. The molecule has 2 N–H and O–H groups in total. The van der Waals surface area contributed by atoms with Crippen molar-refractivity contribution in [1.82, 2.24) is 10.2 Å². The number of allylic oxidation sites excluding steroid dienone is 2. The molecule has 5 nitrogen and oxygen atoms in total. The zero-order valence-corrected chi connectivity index (χ0v) is 25.6. The number of hydrogen-bond acceptors (Lipinski definition) is 3. The molecule has 5 rings (SSSR count). The van der Waals surface area contributed by atoms with Crippen molar-refractivity contribution in [3.63, 3.8) is 0 Å². The molecule has 224 valence electrons. The highest BCUT2D eigenvalue weighted by atomic mass is 19.1. The smallest absolute Gasteiger partial charge is 0.257 e. The lowest BCUT2D eigenvalue weighted by molar-refractivity contribution is -0.123. The number of hydrogen-bond donors (Lipinski definition) is 2. The Kier molecular flexibility index (Phi) is 9.19. The van der Waals surface area contributed by atoms with Crippen LogP contribution in [0, 0.1) is 24.6 Å². The topological polar surface area (TPSA) is 61.4 Å². The van der Waals surface area contributed by atoms with Gasteiger partial charge in [-0.2, -0.15) is 0 Å². The van der Waals surface area contributed by atoms with Gasteiger partial charge in [-0.3, -0.25) is 9.59 Å². The first-order chi connectivity index (χ1) is 20.1. The summed E-state index contributed by atoms with van der Waals surface area (Å²) in [5, 5.41) is 6.88. The minimum absolute atomic E-state index is 0.0441. The Balaban J connectivity index is 1.41. The van der Waals surface area contributed by atoms with Crippen molar-refractivity contribution in [2.75, 3.05) is 11.9 Å². The molecule has 1 saturated carbocycles. The Bertz CT molecular complexity index is 1330. The van der Waals surface area contributed by atoms with E-state index < -0.39 is 11.7 Å². The molecule has 2 aliphatic carbocycles. The molecule has 2 aromatic rings. The maximum absolute atomic E-state index is 15.0. The van der Waals surface area contributed by atoms with Gasteiger partial charge in [0, 0.05) is 29.9 Å². The number of benzene rings is 2. The number of halogens is 1. The molecule has 0 aromatic heterocycles. The Labute approximate surface area is 250 Å². The van der Waals surface area contributed by atoms with Crippen LogP contribution in [0.15, 0.2) is 66.4 Å². The fraction of sp³-hybridized carbons (Fsp3) is 0.500. The van der Waals surface area contributed by atoms with Crippen LogP contribution in [0.2, 0.25) is 0 Å². The molecule has 1 aliphatic heterocycles. The first-order valence-corrected chi connectivity index (χ1v) is 15.7. The zero-order valence-electron chi connectivity index (χ0n) is 25.6. The molecule has 1 saturated heterocycles. The third kappa shape index (κ3) is 6.79. The summed E-state index contributed by atoms with van der Waals surface area (Å²) in [6.07, 6.45) is 14.8. The average Bonchev–Trinajstić information content (AvgIpc) is 2.97. The number of amides is 2. The Morgan fingerprint density at radius 2 is 1.74 bits per heavy atom. The second-order valence-corrected chi connectivity index (χ2v) is 13.4. The van der Waals surface area contributed by atoms with Crippen molar-refractivity contribution >= 4 is 17.5 Å². The van der Waals surface area contributed by atoms with Crippen molar-refractivity contribution in [3.05, 3.63) is 88.9 Å². The Morgan fingerprint density at radius 3 is 2.43 bits per heavy atom. The van der Waals surface area contributed by atoms with Crippen LogP contribution in [0.25, 0.3) is 0 Å². The summed E-state index contributed by atoms with van der Waals surface area (Å²) >= 11 is 0. The predicted molar refractivity (Wildman–Crippen MR) is 168 cm³/mol. The lowest BCUT2D eigenvalue weighted by Gasteiger charge is -2.44. The Hall–Kier alpha value is -3.41. The van der Waals surface area contributed by atoms with Crippen molar-refractivity contribution in [1.29, 1.82) is 0 Å². The molecule has 3 aliphatic rings. The SMILES string of the molecule is Cc1cccc(F)c1C(=O)N1CCC[C@H](C(=O)Nc2cccc(C(C)(C)C)c2)[C@@H]1C1C=CC(NC2CCCCC2)=CC1. The number of anilines is 1. The molecular formula is C36H46FN3O2. The molecule has 2 aromatic carbocycles. The van der Waals surface area contributed by atoms with Gasteiger partial charge in [0.05, 0.1) is 17.5 Å². The number of piperidine rings is 1. The summed E-state index contributed by atoms with van der Waals surface area (Å²) in [5.41, 5.74) is 3.70. The van der Waals surface area contributed by atoms with Gasteiger partial charge >= 0.3 is 0 Å². The molecule has 1 heterocycles. The largest absolute Gasteiger partial charge is 0.383 e. The summed E-state index contributed by atoms with van der Waals surface area (Å²) in [6.45, 7) is 8.73. The summed E-state index contributed by atoms with van der Waals surface area (Å²) in [6, 6.07) is 12.9. The normalized spacial score (nSPS) is 23.3. The van der Waals surface area contributed by atoms with E-state index in [0.717, 1.165) is 23.4 Å². The molecule has 2 amide bonds. The maximum atomic E-state index is 15.0. The van der Waals surface area contributed by atoms with E-state index in [2.05, 4.69) is 55.7 Å². The zero-order chi connectivity index (χ0) is 29.9. The van der Waals surface area contributed by atoms with Gasteiger partial charge in [0.2, 0.25) is 5.91 Å². The van der Waals surface area contributed by atoms with Crippen LogP contribution in [0.4, 0.5) is 10.1 Å². The van der Waals surface area contributed by atoms with Crippen LogP contribution in [0.1, 0.15) is 93.6 Å². The summed E-state index contributed by atoms with van der Waals surface area (Å²) in [4.78, 5) is 29.8. The fourth-order valence-electron chi connectivity index (χ4n) is 6.90. The van der Waals surface area contributed by atoms with Gasteiger partial charge in [0.25, 0.3) is 5.91 Å². The van der Waals surface area contributed by atoms with E-state index in [4.69, 9.17) is 0 Å². The van der Waals surface area contributed by atoms with Crippen molar-refractivity contribution < 1.29 is 14.0 Å². The monoisotopic (exact) mass is 571 g/mol. The lowest BCUT2D eigenvalue weighted by atomic mass is 9.77. The van der Waals surface area contributed by atoms with Gasteiger partial charge in [-0.15, -0.1) is 0 Å². The number of nitrogens with one attached hydrogen (secondary N) is 2. The number of carbonyl (C=O) groups is 2. The van der Waals surface area contributed by atoms with Crippen LogP contribution in [0.5, 0.6) is 0 Å². The van der Waals surface area contributed by atoms with E-state index in [1.54, 1.807) is 24.0 Å². The third-order valence-corrected chi connectivity index (χ3v) is 9.26. The van der Waals surface area contributed by atoms with E-state index in [-0.39, 0.29) is 34.8 Å². The number of likely N-dealkylation sites (tertiary alicyclic amines) is 1. The molecule has 0 radical (unpaired) electrons. The highest BCUT2D eigenvalue weighted by Gasteiger charge is 2.43. The van der Waals surface area contributed by atoms with Crippen LogP contribution >= 0.6 is 0 Å². The molecule has 1 unspecified atom stereocenters. The van der Waals surface area contributed by atoms with Crippen LogP contribution in [-0.4, -0.2) is 35.3 Å². The second kappa shape index (κ2) is 12.8. The van der Waals surface area contributed by atoms with Crippen molar-refractivity contribution in [3.8, 4) is 0 Å². The number of carbonyl (C=O) groups excluding carboxylic acids is 2. The van der Waals surface area contributed by atoms with Crippen molar-refractivity contribution in [2.45, 2.75) is 96.6 Å². The number of nitrogens with zero attached hydrogens (tertiary/aromatic N) is 1. The van der Waals surface area contributed by atoms with Gasteiger partial charge in [-0.05, 0) is 79.8 Å². The van der Waals surface area contributed by atoms with Crippen LogP contribution in [0.3, 0.4) is 0 Å². The lowest BCUT2D eigenvalue weighted by Crippen LogP contribution is -2.55. The highest BCUT2D eigenvalue weighted by Crippen LogP contribution is 2.36. The summed E-state index contributed by atoms with van der Waals surface area (Å²) in [5.74, 6) is -1.38. The average molecular weight is 572 g/mol. The predicted octanol–water partition coefficient (Wildman–Crippen LogP) is 7.67. The molecule has 42 heavy (non-hydrogen) atoms. The third-order valence-electron chi connectivity index (χ3n) is 9.26. The maximum Gasteiger partial charge on any atom is 0.257 e. The fourth-order valence-corrected chi connectivity index (χ4v) is 6.90. The van der Waals surface area contributed by atoms with Gasteiger partial charge < -0.3 is 15.5 Å². The van der Waals surface area contributed by atoms with Gasteiger partial charge in [0.1, 0.15) is 5.82 Å². The molecule has 2 fully saturated rings. The van der Waals surface area contributed by atoms with Crippen LogP contribution < -0.4 is 10.6 Å². The quantitative estimate of drug-likeness (QED) is 0.374. The van der Waals surface area contributed by atoms with Crippen molar-refractivity contribution in [2.24, 2.45) is 11.8 Å². The van der Waals surface area contributed by atoms with Gasteiger partial charge in [-0.25, -0.2) is 4.39 Å². The van der Waals surface area contributed by atoms with E-state index in [9.17, 15) is 9.59 Å². The van der Waals surface area contributed by atoms with E-state index >= 15 is 4.39 Å². The number of aryl methyl sites for hydroxylation is 1. The Morgan fingerprint density at radius 1 is 0.976 bits per heavy atom. The molecule has 0 spiro atoms. The summed E-state index contributed by atoms with van der Waals surface area (Å²) < 4.78 is 15.0. The number of rotatable bonds is 6. The molecule has 0 bridgehead atoms. The van der Waals surface area contributed by atoms with E-state index in [0.29, 0.717) is 31.0 Å². The minimum atomic E-state index is -0.512.